The lowest BCUT2D eigenvalue weighted by Gasteiger charge is -2.63. The largest absolute Gasteiger partial charge is 0.393 e. The molecule has 0 radical (unpaired) electrons. The minimum Gasteiger partial charge on any atom is -0.393 e. The van der Waals surface area contributed by atoms with E-state index < -0.39 is 12.2 Å². The summed E-state index contributed by atoms with van der Waals surface area (Å²) in [7, 11) is 0. The van der Waals surface area contributed by atoms with Gasteiger partial charge in [0.15, 0.2) is 0 Å². The number of aliphatic hydroxyl groups is 3. The second kappa shape index (κ2) is 5.56. The van der Waals surface area contributed by atoms with Crippen LogP contribution in [-0.4, -0.2) is 33.6 Å². The second-order valence-electron chi connectivity index (χ2n) is 9.62. The topological polar surface area (TPSA) is 60.7 Å². The van der Waals surface area contributed by atoms with Crippen LogP contribution in [0.5, 0.6) is 0 Å². The van der Waals surface area contributed by atoms with Crippen molar-refractivity contribution in [2.45, 2.75) is 84.0 Å². The molecule has 0 aromatic rings. The van der Waals surface area contributed by atoms with E-state index in [1.165, 1.54) is 6.42 Å². The summed E-state index contributed by atoms with van der Waals surface area (Å²) in [6.45, 7) is 6.89. The van der Waals surface area contributed by atoms with Crippen LogP contribution in [0.3, 0.4) is 0 Å². The quantitative estimate of drug-likeness (QED) is 0.596. The number of hydrogen-bond donors (Lipinski definition) is 3. The Labute approximate surface area is 146 Å². The molecule has 4 fully saturated rings. The maximum atomic E-state index is 11.1. The second-order valence-corrected chi connectivity index (χ2v) is 9.62. The molecule has 0 bridgehead atoms. The molecule has 0 spiro atoms. The highest BCUT2D eigenvalue weighted by Crippen LogP contribution is 2.67. The molecule has 3 nitrogen and oxygen atoms in total. The third-order valence-electron chi connectivity index (χ3n) is 8.92. The van der Waals surface area contributed by atoms with Gasteiger partial charge in [0.2, 0.25) is 0 Å². The minimum absolute atomic E-state index is 0.0458. The van der Waals surface area contributed by atoms with Crippen molar-refractivity contribution >= 4 is 0 Å². The van der Waals surface area contributed by atoms with Gasteiger partial charge in [-0.05, 0) is 86.4 Å². The molecule has 0 saturated heterocycles. The number of rotatable bonds is 0. The van der Waals surface area contributed by atoms with Gasteiger partial charge in [0, 0.05) is 0 Å². The molecule has 0 aromatic carbocycles. The fourth-order valence-corrected chi connectivity index (χ4v) is 7.56. The van der Waals surface area contributed by atoms with Crippen molar-refractivity contribution in [3.8, 4) is 0 Å². The molecule has 24 heavy (non-hydrogen) atoms. The summed E-state index contributed by atoms with van der Waals surface area (Å²) < 4.78 is 0. The highest BCUT2D eigenvalue weighted by Gasteiger charge is 2.63. The van der Waals surface area contributed by atoms with E-state index in [1.54, 1.807) is 5.57 Å². The van der Waals surface area contributed by atoms with Gasteiger partial charge in [-0.25, -0.2) is 0 Å². The monoisotopic (exact) mass is 334 g/mol. The maximum absolute atomic E-state index is 11.1. The maximum Gasteiger partial charge on any atom is 0.0836 e. The molecule has 136 valence electrons. The smallest absolute Gasteiger partial charge is 0.0836 e. The molecule has 0 amide bonds. The predicted molar refractivity (Wildman–Crippen MR) is 94.3 cm³/mol. The third kappa shape index (κ3) is 2.07. The van der Waals surface area contributed by atoms with Crippen LogP contribution >= 0.6 is 0 Å². The lowest BCUT2D eigenvalue weighted by Crippen LogP contribution is -2.63. The predicted octanol–water partition coefficient (Wildman–Crippen LogP) is 3.28. The highest BCUT2D eigenvalue weighted by atomic mass is 16.3. The van der Waals surface area contributed by atoms with E-state index in [-0.39, 0.29) is 28.8 Å². The molecule has 3 N–H and O–H groups in total. The lowest BCUT2D eigenvalue weighted by molar-refractivity contribution is -0.217. The summed E-state index contributed by atoms with van der Waals surface area (Å²) in [5.74, 6) is 1.25. The number of aliphatic hydroxyl groups excluding tert-OH is 3. The fraction of sp³-hybridized carbons (Fsp3) is 0.905. The zero-order chi connectivity index (χ0) is 17.3. The molecule has 4 rings (SSSR count). The normalized spacial score (nSPS) is 58.9. The molecule has 9 atom stereocenters. The van der Waals surface area contributed by atoms with Crippen LogP contribution in [0.1, 0.15) is 65.7 Å². The van der Waals surface area contributed by atoms with E-state index in [9.17, 15) is 15.3 Å². The van der Waals surface area contributed by atoms with Gasteiger partial charge < -0.3 is 15.3 Å². The first-order valence-electron chi connectivity index (χ1n) is 10.0. The van der Waals surface area contributed by atoms with Crippen LogP contribution in [-0.2, 0) is 0 Å². The van der Waals surface area contributed by atoms with E-state index in [1.807, 2.05) is 0 Å². The first kappa shape index (κ1) is 17.1. The third-order valence-corrected chi connectivity index (χ3v) is 8.92. The lowest BCUT2D eigenvalue weighted by atomic mass is 9.43. The summed E-state index contributed by atoms with van der Waals surface area (Å²) >= 11 is 0. The average molecular weight is 334 g/mol. The van der Waals surface area contributed by atoms with Crippen molar-refractivity contribution in [2.75, 3.05) is 0 Å². The first-order valence-corrected chi connectivity index (χ1v) is 10.0. The Morgan fingerprint density at radius 3 is 2.38 bits per heavy atom. The summed E-state index contributed by atoms with van der Waals surface area (Å²) in [5.41, 5.74) is 1.86. The van der Waals surface area contributed by atoms with E-state index >= 15 is 0 Å². The van der Waals surface area contributed by atoms with Crippen LogP contribution < -0.4 is 0 Å². The standard InChI is InChI=1S/C21H34O3/c1-4-12-5-6-14-17-15(8-10-20(12,14)2)21(3)9-7-13(22)11-16(21)18(23)19(17)24/h4,13-19,22-24H,5-11H2,1-3H3/t13-,14?,15?,16?,17?,18-,19-,20-,21-/m1/s1. The van der Waals surface area contributed by atoms with Crippen LogP contribution in [0.2, 0.25) is 0 Å². The molecule has 0 heterocycles. The van der Waals surface area contributed by atoms with Crippen molar-refractivity contribution < 1.29 is 15.3 Å². The zero-order valence-corrected chi connectivity index (χ0v) is 15.4. The van der Waals surface area contributed by atoms with Gasteiger partial charge in [-0.1, -0.05) is 25.5 Å². The molecule has 3 heteroatoms. The Hall–Kier alpha value is -0.380. The van der Waals surface area contributed by atoms with Crippen molar-refractivity contribution in [3.63, 3.8) is 0 Å². The van der Waals surface area contributed by atoms with Crippen molar-refractivity contribution in [2.24, 2.45) is 34.5 Å². The van der Waals surface area contributed by atoms with Gasteiger partial charge in [-0.3, -0.25) is 0 Å². The number of allylic oxidation sites excluding steroid dienone is 2. The van der Waals surface area contributed by atoms with Crippen molar-refractivity contribution in [1.29, 1.82) is 0 Å². The summed E-state index contributed by atoms with van der Waals surface area (Å²) in [6, 6.07) is 0. The van der Waals surface area contributed by atoms with Gasteiger partial charge >= 0.3 is 0 Å². The summed E-state index contributed by atoms with van der Waals surface area (Å²) in [4.78, 5) is 0. The highest BCUT2D eigenvalue weighted by molar-refractivity contribution is 5.25. The molecule has 4 aliphatic carbocycles. The Kier molecular flexibility index (Phi) is 3.95. The molecule has 0 aliphatic heterocycles. The van der Waals surface area contributed by atoms with Crippen LogP contribution in [0.15, 0.2) is 11.6 Å². The van der Waals surface area contributed by atoms with Crippen LogP contribution in [0, 0.1) is 34.5 Å². The Morgan fingerprint density at radius 1 is 0.917 bits per heavy atom. The van der Waals surface area contributed by atoms with Gasteiger partial charge in [-0.15, -0.1) is 0 Å². The van der Waals surface area contributed by atoms with E-state index in [2.05, 4.69) is 26.8 Å². The molecule has 4 aliphatic rings. The Balaban J connectivity index is 1.73. The van der Waals surface area contributed by atoms with Gasteiger partial charge in [-0.2, -0.15) is 0 Å². The van der Waals surface area contributed by atoms with Gasteiger partial charge in [0.1, 0.15) is 0 Å². The van der Waals surface area contributed by atoms with Crippen molar-refractivity contribution in [3.05, 3.63) is 11.6 Å². The van der Waals surface area contributed by atoms with Gasteiger partial charge in [0.05, 0.1) is 18.3 Å². The first-order chi connectivity index (χ1) is 11.3. The number of fused-ring (bicyclic) bond motifs is 5. The molecular formula is C21H34O3. The summed E-state index contributed by atoms with van der Waals surface area (Å²) in [5, 5.41) is 32.1. The Bertz CT molecular complexity index is 543. The molecule has 4 saturated carbocycles. The average Bonchev–Trinajstić information content (AvgIpc) is 2.90. The van der Waals surface area contributed by atoms with Crippen LogP contribution in [0.25, 0.3) is 0 Å². The Morgan fingerprint density at radius 2 is 1.67 bits per heavy atom. The summed E-state index contributed by atoms with van der Waals surface area (Å²) in [6.07, 6.45) is 7.86. The van der Waals surface area contributed by atoms with Crippen molar-refractivity contribution in [1.82, 2.24) is 0 Å². The van der Waals surface area contributed by atoms with E-state index in [0.29, 0.717) is 18.3 Å². The number of hydrogen-bond acceptors (Lipinski definition) is 3. The van der Waals surface area contributed by atoms with Crippen LogP contribution in [0.4, 0.5) is 0 Å². The van der Waals surface area contributed by atoms with Gasteiger partial charge in [0.25, 0.3) is 0 Å². The fourth-order valence-electron chi connectivity index (χ4n) is 7.56. The molecular weight excluding hydrogens is 300 g/mol. The molecule has 0 aromatic heterocycles. The zero-order valence-electron chi connectivity index (χ0n) is 15.4. The van der Waals surface area contributed by atoms with E-state index in [4.69, 9.17) is 0 Å². The SMILES string of the molecule is CC=C1CCC2C3C(CC[C@]12C)[C@@]1(C)CC[C@@H](O)CC1[C@@H](O)[C@@H]3O. The van der Waals surface area contributed by atoms with E-state index in [0.717, 1.165) is 32.1 Å². The molecule has 4 unspecified atom stereocenters. The minimum atomic E-state index is -0.678.